The van der Waals surface area contributed by atoms with Crippen molar-refractivity contribution < 1.29 is 18.7 Å². The maximum Gasteiger partial charge on any atom is 0.226 e. The molecule has 0 bridgehead atoms. The van der Waals surface area contributed by atoms with E-state index in [1.807, 2.05) is 0 Å². The van der Waals surface area contributed by atoms with Gasteiger partial charge in [-0.15, -0.1) is 0 Å². The van der Waals surface area contributed by atoms with Crippen LogP contribution in [0.4, 0.5) is 15.8 Å². The Morgan fingerprint density at radius 1 is 1.17 bits per heavy atom. The van der Waals surface area contributed by atoms with Gasteiger partial charge in [0.15, 0.2) is 0 Å². The summed E-state index contributed by atoms with van der Waals surface area (Å²) in [4.78, 5) is 25.4. The highest BCUT2D eigenvalue weighted by molar-refractivity contribution is 5.95. The first-order valence-electron chi connectivity index (χ1n) is 7.48. The molecule has 0 saturated carbocycles. The van der Waals surface area contributed by atoms with E-state index in [4.69, 9.17) is 4.74 Å². The van der Waals surface area contributed by atoms with Crippen molar-refractivity contribution in [3.63, 3.8) is 0 Å². The topological polar surface area (TPSA) is 58.6 Å². The Hall–Kier alpha value is -2.89. The van der Waals surface area contributed by atoms with Crippen LogP contribution in [0.15, 0.2) is 48.5 Å². The van der Waals surface area contributed by atoms with E-state index < -0.39 is 5.82 Å². The van der Waals surface area contributed by atoms with Crippen LogP contribution in [0.1, 0.15) is 13.3 Å². The third-order valence-corrected chi connectivity index (χ3v) is 3.43. The first-order chi connectivity index (χ1) is 11.5. The van der Waals surface area contributed by atoms with E-state index in [1.165, 1.54) is 37.1 Å². The number of ether oxygens (including phenoxy) is 1. The highest BCUT2D eigenvalue weighted by atomic mass is 19.1. The van der Waals surface area contributed by atoms with Crippen LogP contribution in [0.5, 0.6) is 5.75 Å². The van der Waals surface area contributed by atoms with Crippen LogP contribution in [0, 0.1) is 5.82 Å². The summed E-state index contributed by atoms with van der Waals surface area (Å²) in [6.45, 7) is 1.62. The predicted molar refractivity (Wildman–Crippen MR) is 90.7 cm³/mol. The van der Waals surface area contributed by atoms with Crippen molar-refractivity contribution in [2.24, 2.45) is 0 Å². The zero-order valence-electron chi connectivity index (χ0n) is 13.6. The van der Waals surface area contributed by atoms with Crippen molar-refractivity contribution in [3.8, 4) is 5.75 Å². The summed E-state index contributed by atoms with van der Waals surface area (Å²) in [6.07, 6.45) is 0.0775. The fraction of sp³-hybridized carbons (Fsp3) is 0.222. The summed E-state index contributed by atoms with van der Waals surface area (Å²) >= 11 is 0. The highest BCUT2D eigenvalue weighted by Gasteiger charge is 2.17. The van der Waals surface area contributed by atoms with Gasteiger partial charge in [0.05, 0.1) is 12.8 Å². The Labute approximate surface area is 140 Å². The van der Waals surface area contributed by atoms with E-state index >= 15 is 0 Å². The van der Waals surface area contributed by atoms with Gasteiger partial charge >= 0.3 is 0 Å². The molecule has 1 N–H and O–H groups in total. The molecular weight excluding hydrogens is 311 g/mol. The molecule has 0 aromatic heterocycles. The average Bonchev–Trinajstić information content (AvgIpc) is 2.55. The van der Waals surface area contributed by atoms with Gasteiger partial charge in [0.25, 0.3) is 0 Å². The van der Waals surface area contributed by atoms with Crippen molar-refractivity contribution in [2.75, 3.05) is 23.9 Å². The fourth-order valence-corrected chi connectivity index (χ4v) is 2.30. The van der Waals surface area contributed by atoms with E-state index in [1.54, 1.807) is 30.3 Å². The van der Waals surface area contributed by atoms with Gasteiger partial charge in [-0.05, 0) is 30.3 Å². The molecule has 0 spiro atoms. The van der Waals surface area contributed by atoms with Crippen LogP contribution in [0.2, 0.25) is 0 Å². The lowest BCUT2D eigenvalue weighted by Crippen LogP contribution is -2.32. The number of carbonyl (C=O) groups is 2. The number of carbonyl (C=O) groups excluding carboxylic acids is 2. The summed E-state index contributed by atoms with van der Waals surface area (Å²) in [6, 6.07) is 12.8. The number of hydrogen-bond donors (Lipinski definition) is 1. The third-order valence-electron chi connectivity index (χ3n) is 3.43. The molecule has 24 heavy (non-hydrogen) atoms. The lowest BCUT2D eigenvalue weighted by atomic mass is 10.2. The molecule has 0 fully saturated rings. The molecule has 0 aliphatic carbocycles. The van der Waals surface area contributed by atoms with Gasteiger partial charge in [-0.3, -0.25) is 9.59 Å². The number of amides is 2. The number of nitrogens with zero attached hydrogens (tertiary/aromatic N) is 1. The number of benzene rings is 2. The quantitative estimate of drug-likeness (QED) is 0.885. The smallest absolute Gasteiger partial charge is 0.226 e. The number of nitrogens with one attached hydrogen (secondary N) is 1. The lowest BCUT2D eigenvalue weighted by Gasteiger charge is -2.23. The summed E-state index contributed by atoms with van der Waals surface area (Å²) in [5.74, 6) is -0.370. The van der Waals surface area contributed by atoms with Gasteiger partial charge in [-0.2, -0.15) is 0 Å². The van der Waals surface area contributed by atoms with Crippen molar-refractivity contribution in [1.29, 1.82) is 0 Å². The predicted octanol–water partition coefficient (Wildman–Crippen LogP) is 3.22. The van der Waals surface area contributed by atoms with E-state index in [9.17, 15) is 14.0 Å². The second-order valence-electron chi connectivity index (χ2n) is 5.15. The van der Waals surface area contributed by atoms with E-state index in [2.05, 4.69) is 5.32 Å². The molecule has 6 heteroatoms. The van der Waals surface area contributed by atoms with Crippen LogP contribution >= 0.6 is 0 Å². The van der Waals surface area contributed by atoms with Crippen molar-refractivity contribution in [1.82, 2.24) is 0 Å². The van der Waals surface area contributed by atoms with Gasteiger partial charge < -0.3 is 15.0 Å². The normalized spacial score (nSPS) is 10.1. The molecule has 2 aromatic carbocycles. The molecule has 0 heterocycles. The first-order valence-corrected chi connectivity index (χ1v) is 7.48. The molecule has 0 unspecified atom stereocenters. The maximum absolute atomic E-state index is 13.1. The number of halogens is 1. The zero-order valence-corrected chi connectivity index (χ0v) is 13.6. The van der Waals surface area contributed by atoms with Crippen LogP contribution in [-0.2, 0) is 9.59 Å². The monoisotopic (exact) mass is 330 g/mol. The van der Waals surface area contributed by atoms with Crippen molar-refractivity contribution >= 4 is 23.2 Å². The molecule has 5 nitrogen and oxygen atoms in total. The van der Waals surface area contributed by atoms with Gasteiger partial charge in [0.2, 0.25) is 11.8 Å². The maximum atomic E-state index is 13.1. The molecular formula is C18H19FN2O3. The summed E-state index contributed by atoms with van der Waals surface area (Å²) in [5, 5.41) is 2.61. The molecule has 0 saturated heterocycles. The molecule has 0 radical (unpaired) electrons. The molecule has 0 atom stereocenters. The molecule has 2 aromatic rings. The van der Waals surface area contributed by atoms with Gasteiger partial charge in [0.1, 0.15) is 11.6 Å². The van der Waals surface area contributed by atoms with Gasteiger partial charge in [-0.1, -0.05) is 18.2 Å². The summed E-state index contributed by atoms with van der Waals surface area (Å²) < 4.78 is 18.4. The minimum absolute atomic E-state index is 0.0775. The molecule has 126 valence electrons. The van der Waals surface area contributed by atoms with E-state index in [0.29, 0.717) is 17.1 Å². The Morgan fingerprint density at radius 3 is 2.58 bits per heavy atom. The van der Waals surface area contributed by atoms with Crippen LogP contribution in [0.25, 0.3) is 0 Å². The second kappa shape index (κ2) is 8.10. The fourth-order valence-electron chi connectivity index (χ4n) is 2.30. The number of methoxy groups -OCH3 is 1. The van der Waals surface area contributed by atoms with Crippen molar-refractivity contribution in [3.05, 3.63) is 54.3 Å². The minimum atomic E-state index is -0.424. The Bertz CT molecular complexity index is 734. The zero-order chi connectivity index (χ0) is 17.5. The molecule has 0 aliphatic heterocycles. The Morgan fingerprint density at radius 2 is 1.92 bits per heavy atom. The largest absolute Gasteiger partial charge is 0.495 e. The van der Waals surface area contributed by atoms with Crippen LogP contribution < -0.4 is 15.0 Å². The molecule has 0 aliphatic rings. The van der Waals surface area contributed by atoms with Crippen LogP contribution in [-0.4, -0.2) is 25.5 Å². The van der Waals surface area contributed by atoms with Gasteiger partial charge in [0, 0.05) is 25.6 Å². The number of rotatable bonds is 6. The second-order valence-corrected chi connectivity index (χ2v) is 5.15. The standard InChI is InChI=1S/C18H19FN2O3/c1-13(22)21(16-8-3-4-9-17(16)24-2)11-10-18(23)20-15-7-5-6-14(19)12-15/h3-9,12H,10-11H2,1-2H3,(H,20,23). The first kappa shape index (κ1) is 17.5. The minimum Gasteiger partial charge on any atom is -0.495 e. The lowest BCUT2D eigenvalue weighted by molar-refractivity contribution is -0.117. The summed E-state index contributed by atoms with van der Waals surface area (Å²) in [5.41, 5.74) is 0.984. The summed E-state index contributed by atoms with van der Waals surface area (Å²) in [7, 11) is 1.52. The number of para-hydroxylation sites is 2. The Kier molecular flexibility index (Phi) is 5.89. The molecule has 2 rings (SSSR count). The highest BCUT2D eigenvalue weighted by Crippen LogP contribution is 2.27. The number of anilines is 2. The van der Waals surface area contributed by atoms with Crippen molar-refractivity contribution in [2.45, 2.75) is 13.3 Å². The van der Waals surface area contributed by atoms with Crippen LogP contribution in [0.3, 0.4) is 0 Å². The third kappa shape index (κ3) is 4.55. The SMILES string of the molecule is COc1ccccc1N(CCC(=O)Nc1cccc(F)c1)C(C)=O. The van der Waals surface area contributed by atoms with E-state index in [0.717, 1.165) is 0 Å². The van der Waals surface area contributed by atoms with Gasteiger partial charge in [-0.25, -0.2) is 4.39 Å². The van der Waals surface area contributed by atoms with E-state index in [-0.39, 0.29) is 24.8 Å². The number of hydrogen-bond acceptors (Lipinski definition) is 3. The molecule has 2 amide bonds. The average molecular weight is 330 g/mol. The Balaban J connectivity index is 2.04.